The number of carboxylic acids is 2. The van der Waals surface area contributed by atoms with Crippen LogP contribution in [0.4, 0.5) is 0 Å². The van der Waals surface area contributed by atoms with Gasteiger partial charge in [0.15, 0.2) is 6.10 Å². The van der Waals surface area contributed by atoms with Crippen LogP contribution in [0.5, 0.6) is 0 Å². The van der Waals surface area contributed by atoms with E-state index in [1.54, 1.807) is 33.8 Å². The molecular weight excluding hydrogens is 664 g/mol. The number of ketones is 3. The number of esters is 2. The number of allylic oxidation sites excluding steroid dienone is 1. The van der Waals surface area contributed by atoms with Crippen LogP contribution in [0.15, 0.2) is 22.8 Å². The molecule has 4 N–H and O–H groups in total. The van der Waals surface area contributed by atoms with Gasteiger partial charge in [-0.05, 0) is 76.7 Å². The van der Waals surface area contributed by atoms with Crippen LogP contribution in [-0.4, -0.2) is 86.1 Å². The Kier molecular flexibility index (Phi) is 10.8. The van der Waals surface area contributed by atoms with Gasteiger partial charge in [0, 0.05) is 41.7 Å². The van der Waals surface area contributed by atoms with Crippen molar-refractivity contribution in [3.8, 4) is 0 Å². The summed E-state index contributed by atoms with van der Waals surface area (Å²) in [5.41, 5.74) is -6.49. The fraction of sp³-hybridized carbons (Fsp3) is 0.711. The Balaban J connectivity index is 1.79. The van der Waals surface area contributed by atoms with E-state index < -0.39 is 100 Å². The molecule has 4 aliphatic carbocycles. The number of hydrogen-bond acceptors (Lipinski definition) is 11. The zero-order valence-corrected chi connectivity index (χ0v) is 30.8. The third kappa shape index (κ3) is 6.60. The highest BCUT2D eigenvalue weighted by Gasteiger charge is 2.74. The van der Waals surface area contributed by atoms with Gasteiger partial charge in [-0.3, -0.25) is 28.8 Å². The summed E-state index contributed by atoms with van der Waals surface area (Å²) >= 11 is 0. The Morgan fingerprint density at radius 2 is 1.65 bits per heavy atom. The minimum Gasteiger partial charge on any atom is -0.481 e. The first-order valence-corrected chi connectivity index (χ1v) is 17.6. The molecule has 0 bridgehead atoms. The molecule has 4 aliphatic rings. The summed E-state index contributed by atoms with van der Waals surface area (Å²) in [5, 5.41) is 40.8. The van der Waals surface area contributed by atoms with Crippen molar-refractivity contribution >= 4 is 41.2 Å². The molecule has 282 valence electrons. The summed E-state index contributed by atoms with van der Waals surface area (Å²) in [7, 11) is 0. The predicted octanol–water partition coefficient (Wildman–Crippen LogP) is 3.76. The largest absolute Gasteiger partial charge is 0.481 e. The lowest BCUT2D eigenvalue weighted by atomic mass is 9.42. The Bertz CT molecular complexity index is 1600. The Hall–Kier alpha value is -3.71. The molecule has 0 aliphatic heterocycles. The molecule has 0 radical (unpaired) electrons. The van der Waals surface area contributed by atoms with E-state index in [0.29, 0.717) is 12.8 Å². The zero-order valence-electron chi connectivity index (χ0n) is 30.8. The summed E-state index contributed by atoms with van der Waals surface area (Å²) in [5.74, 6) is -6.44. The number of Topliss-reactive ketones (excluding diaryl/α,β-unsaturated/α-hetero) is 3. The van der Waals surface area contributed by atoms with Gasteiger partial charge in [0.25, 0.3) is 0 Å². The van der Waals surface area contributed by atoms with E-state index in [0.717, 1.165) is 0 Å². The molecule has 51 heavy (non-hydrogen) atoms. The van der Waals surface area contributed by atoms with Gasteiger partial charge >= 0.3 is 23.9 Å². The number of ether oxygens (including phenoxy) is 2. The second kappa shape index (κ2) is 13.7. The molecule has 2 saturated carbocycles. The van der Waals surface area contributed by atoms with Crippen molar-refractivity contribution in [1.82, 2.24) is 0 Å². The van der Waals surface area contributed by atoms with Gasteiger partial charge in [-0.15, -0.1) is 0 Å². The number of fused-ring (bicyclic) bond motifs is 4. The van der Waals surface area contributed by atoms with Gasteiger partial charge in [-0.1, -0.05) is 26.8 Å². The van der Waals surface area contributed by atoms with E-state index in [4.69, 9.17) is 14.6 Å². The highest BCUT2D eigenvalue weighted by atomic mass is 16.5. The number of carboxylic acid groups (broad SMARTS) is 2. The third-order valence-electron chi connectivity index (χ3n) is 13.0. The summed E-state index contributed by atoms with van der Waals surface area (Å²) in [6.07, 6.45) is -1.38. The maximum absolute atomic E-state index is 15.0. The minimum absolute atomic E-state index is 0.0129. The minimum atomic E-state index is -1.89. The first-order valence-electron chi connectivity index (χ1n) is 17.6. The van der Waals surface area contributed by atoms with Gasteiger partial charge < -0.3 is 29.9 Å². The van der Waals surface area contributed by atoms with Crippen molar-refractivity contribution in [2.45, 2.75) is 125 Å². The number of aliphatic carboxylic acids is 2. The molecule has 0 saturated heterocycles. The average molecular weight is 717 g/mol. The lowest BCUT2D eigenvalue weighted by molar-refractivity contribution is -0.178. The molecule has 0 amide bonds. The normalized spacial score (nSPS) is 36.7. The van der Waals surface area contributed by atoms with Crippen molar-refractivity contribution < 1.29 is 63.5 Å². The van der Waals surface area contributed by atoms with Crippen molar-refractivity contribution in [2.75, 3.05) is 6.61 Å². The average Bonchev–Trinajstić information content (AvgIpc) is 3.22. The Morgan fingerprint density at radius 1 is 1.02 bits per heavy atom. The molecule has 4 rings (SSSR count). The highest BCUT2D eigenvalue weighted by molar-refractivity contribution is 6.09. The van der Waals surface area contributed by atoms with Crippen molar-refractivity contribution in [3.05, 3.63) is 22.8 Å². The van der Waals surface area contributed by atoms with Gasteiger partial charge in [-0.2, -0.15) is 0 Å². The quantitative estimate of drug-likeness (QED) is 0.167. The molecule has 2 fully saturated rings. The first kappa shape index (κ1) is 40.1. The van der Waals surface area contributed by atoms with Crippen LogP contribution in [0.25, 0.3) is 0 Å². The molecular formula is C38H52O13. The Morgan fingerprint density at radius 3 is 2.22 bits per heavy atom. The van der Waals surface area contributed by atoms with Crippen LogP contribution >= 0.6 is 0 Å². The Labute approximate surface area is 297 Å². The predicted molar refractivity (Wildman–Crippen MR) is 180 cm³/mol. The number of hydrogen-bond donors (Lipinski definition) is 4. The number of rotatable bonds is 12. The number of aliphatic hydroxyl groups excluding tert-OH is 1. The molecule has 0 aromatic heterocycles. The summed E-state index contributed by atoms with van der Waals surface area (Å²) in [6, 6.07) is 0. The van der Waals surface area contributed by atoms with Crippen LogP contribution in [0.3, 0.4) is 0 Å². The molecule has 13 nitrogen and oxygen atoms in total. The lowest BCUT2D eigenvalue weighted by Gasteiger charge is -2.61. The maximum atomic E-state index is 15.0. The number of aliphatic hydroxyl groups is 2. The summed E-state index contributed by atoms with van der Waals surface area (Å²) in [6.45, 7) is 12.2. The molecule has 10 atom stereocenters. The van der Waals surface area contributed by atoms with Crippen LogP contribution in [0.2, 0.25) is 0 Å². The second-order valence-electron chi connectivity index (χ2n) is 16.5. The van der Waals surface area contributed by atoms with Crippen LogP contribution < -0.4 is 0 Å². The summed E-state index contributed by atoms with van der Waals surface area (Å²) in [4.78, 5) is 91.0. The maximum Gasteiger partial charge on any atom is 0.330 e. The van der Waals surface area contributed by atoms with Gasteiger partial charge in [0.1, 0.15) is 18.2 Å². The van der Waals surface area contributed by atoms with E-state index in [2.05, 4.69) is 0 Å². The molecule has 0 unspecified atom stereocenters. The van der Waals surface area contributed by atoms with Crippen molar-refractivity contribution in [2.24, 2.45) is 39.4 Å². The molecule has 13 heteroatoms. The van der Waals surface area contributed by atoms with Crippen LogP contribution in [0, 0.1) is 39.4 Å². The van der Waals surface area contributed by atoms with Gasteiger partial charge in [-0.25, -0.2) is 4.79 Å². The highest BCUT2D eigenvalue weighted by Crippen LogP contribution is 2.71. The second-order valence-corrected chi connectivity index (χ2v) is 16.5. The van der Waals surface area contributed by atoms with Gasteiger partial charge in [0.2, 0.25) is 5.78 Å². The summed E-state index contributed by atoms with van der Waals surface area (Å²) < 4.78 is 11.4. The number of carbonyl (C=O) groups excluding carboxylic acids is 5. The standard InChI is InChI=1S/C38H52O13/c1-19(10-9-11-20(2)33(47)48)22-14-26(42)38(8)29-23(40)15-24-35(5,30(29)31(46)32(37(22,38)7)51-21(3)39)13-12-25(41)36(24,6)18-50-28(45)17-34(4,49)16-27(43)44/h11,19,22-24,32,40,49H,9-10,12-18H2,1-8H3,(H,43,44)(H,47,48)/b20-11+/t19-,22-,23+,24-,32+,34+,35+,36+,37+,38+/m1/s1. The van der Waals surface area contributed by atoms with Crippen LogP contribution in [0.1, 0.15) is 107 Å². The SMILES string of the molecule is CC(=O)O[C@H]1C(=O)C2=C([C@@H](O)C[C@H]3[C@](C)(COC(=O)C[C@@](C)(O)CC(=O)O)C(=O)CC[C@]23C)[C@]2(C)C(=O)C[C@H]([C@H](C)CC/C=C(\C)C(=O)O)[C@@]12C. The fourth-order valence-electron chi connectivity index (χ4n) is 10.1. The van der Waals surface area contributed by atoms with Gasteiger partial charge in [0.05, 0.1) is 35.4 Å². The van der Waals surface area contributed by atoms with Crippen molar-refractivity contribution in [1.29, 1.82) is 0 Å². The van der Waals surface area contributed by atoms with Crippen LogP contribution in [-0.2, 0) is 43.0 Å². The topological polar surface area (TPSA) is 219 Å². The monoisotopic (exact) mass is 716 g/mol. The van der Waals surface area contributed by atoms with E-state index in [1.807, 2.05) is 6.92 Å². The molecule has 0 heterocycles. The molecule has 0 aromatic carbocycles. The van der Waals surface area contributed by atoms with Crippen molar-refractivity contribution in [3.63, 3.8) is 0 Å². The lowest BCUT2D eigenvalue weighted by Crippen LogP contribution is -2.65. The van der Waals surface area contributed by atoms with E-state index in [1.165, 1.54) is 20.8 Å². The van der Waals surface area contributed by atoms with E-state index in [-0.39, 0.29) is 59.9 Å². The molecule has 0 spiro atoms. The molecule has 0 aromatic rings. The third-order valence-corrected chi connectivity index (χ3v) is 13.0. The van der Waals surface area contributed by atoms with E-state index >= 15 is 0 Å². The van der Waals surface area contributed by atoms with E-state index in [9.17, 15) is 48.9 Å². The fourth-order valence-corrected chi connectivity index (χ4v) is 10.1. The first-order chi connectivity index (χ1) is 23.4. The zero-order chi connectivity index (χ0) is 38.6. The number of carbonyl (C=O) groups is 7. The smallest absolute Gasteiger partial charge is 0.330 e.